The molecule has 3 aromatic carbocycles. The van der Waals surface area contributed by atoms with E-state index in [4.69, 9.17) is 4.43 Å². The first-order chi connectivity index (χ1) is 21.5. The van der Waals surface area contributed by atoms with Crippen LogP contribution in [0, 0.1) is 0 Å². The maximum absolute atomic E-state index is 13.9. The molecule has 7 heteroatoms. The first kappa shape index (κ1) is 37.2. The van der Waals surface area contributed by atoms with Crippen molar-refractivity contribution in [3.8, 4) is 0 Å². The molecule has 1 N–H and O–H groups in total. The number of nitrogens with zero attached hydrogens (tertiary/aromatic N) is 2. The molecular formula is C39H57N3O3Si. The molecule has 0 radical (unpaired) electrons. The molecule has 3 aromatic rings. The van der Waals surface area contributed by atoms with E-state index in [0.717, 1.165) is 29.3 Å². The number of rotatable bonds is 15. The number of carbonyl (C=O) groups is 2. The predicted octanol–water partition coefficient (Wildman–Crippen LogP) is 7.64. The van der Waals surface area contributed by atoms with E-state index in [9.17, 15) is 9.59 Å². The van der Waals surface area contributed by atoms with Gasteiger partial charge in [-0.3, -0.25) is 9.59 Å². The summed E-state index contributed by atoms with van der Waals surface area (Å²) in [5.41, 5.74) is 1.98. The van der Waals surface area contributed by atoms with Gasteiger partial charge in [-0.15, -0.1) is 0 Å². The van der Waals surface area contributed by atoms with Crippen molar-refractivity contribution in [2.45, 2.75) is 96.6 Å². The average Bonchev–Trinajstić information content (AvgIpc) is 3.00. The highest BCUT2D eigenvalue weighted by molar-refractivity contribution is 6.74. The van der Waals surface area contributed by atoms with E-state index in [-0.39, 0.29) is 28.5 Å². The number of carbonyl (C=O) groups excluding carboxylic acids is 2. The second kappa shape index (κ2) is 16.0. The first-order valence-corrected chi connectivity index (χ1v) is 19.5. The highest BCUT2D eigenvalue weighted by atomic mass is 28.4. The van der Waals surface area contributed by atoms with Crippen molar-refractivity contribution in [2.24, 2.45) is 0 Å². The molecule has 0 aliphatic rings. The third-order valence-corrected chi connectivity index (χ3v) is 14.0. The van der Waals surface area contributed by atoms with E-state index in [1.165, 1.54) is 5.56 Å². The van der Waals surface area contributed by atoms with Crippen LogP contribution in [0.15, 0.2) is 84.9 Å². The normalized spacial score (nSPS) is 14.0. The molecule has 0 heterocycles. The maximum Gasteiger partial charge on any atom is 0.246 e. The number of hydrogen-bond acceptors (Lipinski definition) is 4. The molecule has 0 saturated carbocycles. The zero-order valence-corrected chi connectivity index (χ0v) is 30.9. The lowest BCUT2D eigenvalue weighted by atomic mass is 9.99. The number of likely N-dealkylation sites (N-methyl/N-ethyl adjacent to an activating group) is 2. The summed E-state index contributed by atoms with van der Waals surface area (Å²) in [7, 11) is 1.73. The van der Waals surface area contributed by atoms with Crippen molar-refractivity contribution in [1.82, 2.24) is 15.1 Å². The van der Waals surface area contributed by atoms with Gasteiger partial charge in [0.05, 0.1) is 6.10 Å². The summed E-state index contributed by atoms with van der Waals surface area (Å²) in [4.78, 5) is 30.8. The molecule has 0 aliphatic carbocycles. The summed E-state index contributed by atoms with van der Waals surface area (Å²) in [5, 5.41) is 6.06. The molecule has 6 nitrogen and oxygen atoms in total. The van der Waals surface area contributed by atoms with Crippen LogP contribution in [0.5, 0.6) is 0 Å². The molecule has 0 spiro atoms. The van der Waals surface area contributed by atoms with Crippen LogP contribution in [0.2, 0.25) is 18.1 Å². The van der Waals surface area contributed by atoms with Gasteiger partial charge < -0.3 is 19.5 Å². The van der Waals surface area contributed by atoms with Crippen LogP contribution >= 0.6 is 0 Å². The first-order valence-electron chi connectivity index (χ1n) is 16.6. The summed E-state index contributed by atoms with van der Waals surface area (Å²) >= 11 is 0. The summed E-state index contributed by atoms with van der Waals surface area (Å²) < 4.78 is 6.52. The summed E-state index contributed by atoms with van der Waals surface area (Å²) in [6, 6.07) is 24.0. The minimum atomic E-state index is -1.85. The Bertz CT molecular complexity index is 1460. The van der Waals surface area contributed by atoms with E-state index in [1.54, 1.807) is 22.9 Å². The van der Waals surface area contributed by atoms with Crippen LogP contribution in [0.3, 0.4) is 0 Å². The zero-order valence-electron chi connectivity index (χ0n) is 29.9. The number of fused-ring (bicyclic) bond motifs is 1. The van der Waals surface area contributed by atoms with Crippen molar-refractivity contribution in [1.29, 1.82) is 0 Å². The molecule has 2 amide bonds. The Hall–Kier alpha value is -3.26. The lowest BCUT2D eigenvalue weighted by molar-refractivity contribution is -0.141. The highest BCUT2D eigenvalue weighted by Crippen LogP contribution is 2.37. The third kappa shape index (κ3) is 10.9. The van der Waals surface area contributed by atoms with Gasteiger partial charge in [-0.1, -0.05) is 99.6 Å². The molecule has 0 fully saturated rings. The SMILES string of the molecule is C[C@H](CNC(C)(C)CC=CC(=O)N(C)[C@H](Cc1ccc2ccccc2c1)C(=O)N(C)CCc1ccccc1)O[Si](C)(C)C(C)(C)C. The van der Waals surface area contributed by atoms with Crippen molar-refractivity contribution < 1.29 is 14.0 Å². The van der Waals surface area contributed by atoms with E-state index >= 15 is 0 Å². The van der Waals surface area contributed by atoms with Gasteiger partial charge in [0.25, 0.3) is 0 Å². The van der Waals surface area contributed by atoms with Crippen molar-refractivity contribution in [3.63, 3.8) is 0 Å². The fraction of sp³-hybridized carbons (Fsp3) is 0.487. The van der Waals surface area contributed by atoms with Gasteiger partial charge in [0.15, 0.2) is 8.32 Å². The van der Waals surface area contributed by atoms with Gasteiger partial charge >= 0.3 is 0 Å². The third-order valence-electron chi connectivity index (χ3n) is 9.36. The fourth-order valence-corrected chi connectivity index (χ4v) is 6.67. The van der Waals surface area contributed by atoms with Crippen LogP contribution in [0.1, 0.15) is 59.1 Å². The van der Waals surface area contributed by atoms with Crippen LogP contribution in [0.25, 0.3) is 10.8 Å². The Morgan fingerprint density at radius 2 is 1.52 bits per heavy atom. The maximum atomic E-state index is 13.9. The van der Waals surface area contributed by atoms with Crippen LogP contribution in [-0.2, 0) is 26.9 Å². The summed E-state index contributed by atoms with van der Waals surface area (Å²) in [6.45, 7) is 19.0. The largest absolute Gasteiger partial charge is 0.413 e. The van der Waals surface area contributed by atoms with E-state index in [1.807, 2.05) is 43.5 Å². The number of nitrogens with one attached hydrogen (secondary N) is 1. The Balaban J connectivity index is 1.68. The van der Waals surface area contributed by atoms with Crippen LogP contribution < -0.4 is 5.32 Å². The zero-order chi connectivity index (χ0) is 34.1. The Morgan fingerprint density at radius 1 is 0.891 bits per heavy atom. The molecule has 250 valence electrons. The second-order valence-corrected chi connectivity index (χ2v) is 19.7. The van der Waals surface area contributed by atoms with Crippen LogP contribution in [-0.4, -0.2) is 74.8 Å². The monoisotopic (exact) mass is 643 g/mol. The fourth-order valence-electron chi connectivity index (χ4n) is 5.22. The smallest absolute Gasteiger partial charge is 0.246 e. The predicted molar refractivity (Wildman–Crippen MR) is 196 cm³/mol. The number of hydrogen-bond donors (Lipinski definition) is 1. The molecule has 3 rings (SSSR count). The lowest BCUT2D eigenvalue weighted by Crippen LogP contribution is -2.49. The van der Waals surface area contributed by atoms with Gasteiger partial charge in [-0.05, 0) is 79.7 Å². The topological polar surface area (TPSA) is 61.9 Å². The lowest BCUT2D eigenvalue weighted by Gasteiger charge is -2.39. The van der Waals surface area contributed by atoms with Gasteiger partial charge in [0.2, 0.25) is 11.8 Å². The van der Waals surface area contributed by atoms with Gasteiger partial charge in [0.1, 0.15) is 6.04 Å². The van der Waals surface area contributed by atoms with Crippen molar-refractivity contribution >= 4 is 30.9 Å². The molecule has 0 aromatic heterocycles. The van der Waals surface area contributed by atoms with E-state index in [0.29, 0.717) is 19.4 Å². The molecule has 0 saturated heterocycles. The Morgan fingerprint density at radius 3 is 2.17 bits per heavy atom. The Kier molecular flexibility index (Phi) is 13.0. The molecule has 0 bridgehead atoms. The summed E-state index contributed by atoms with van der Waals surface area (Å²) in [5.74, 6) is -0.243. The highest BCUT2D eigenvalue weighted by Gasteiger charge is 2.38. The second-order valence-electron chi connectivity index (χ2n) is 14.9. The molecule has 2 atom stereocenters. The van der Waals surface area contributed by atoms with E-state index < -0.39 is 14.4 Å². The quantitative estimate of drug-likeness (QED) is 0.137. The van der Waals surface area contributed by atoms with Gasteiger partial charge in [-0.2, -0.15) is 0 Å². The van der Waals surface area contributed by atoms with Crippen LogP contribution in [0.4, 0.5) is 0 Å². The number of amides is 2. The van der Waals surface area contributed by atoms with Crippen molar-refractivity contribution in [2.75, 3.05) is 27.2 Å². The molecule has 46 heavy (non-hydrogen) atoms. The van der Waals surface area contributed by atoms with E-state index in [2.05, 4.69) is 102 Å². The number of benzene rings is 3. The van der Waals surface area contributed by atoms with Gasteiger partial charge in [0, 0.05) is 39.1 Å². The standard InChI is InChI=1S/C39H57N3O3Si/c1-30(45-46(9,10)38(2,3)4)29-40-39(5,6)25-16-21-36(43)42(8)35(28-32-22-23-33-19-14-15-20-34(33)27-32)37(44)41(7)26-24-31-17-12-11-13-18-31/h11-23,27,30,35,40H,24-26,28-29H2,1-10H3/t30-,35-/m1/s1. The molecular weight excluding hydrogens is 587 g/mol. The molecule has 0 unspecified atom stereocenters. The molecule has 0 aliphatic heterocycles. The summed E-state index contributed by atoms with van der Waals surface area (Å²) in [6.07, 6.45) is 5.49. The minimum absolute atomic E-state index is 0.0638. The minimum Gasteiger partial charge on any atom is -0.413 e. The van der Waals surface area contributed by atoms with Crippen molar-refractivity contribution in [3.05, 3.63) is 96.1 Å². The Labute approximate surface area is 279 Å². The average molecular weight is 644 g/mol. The van der Waals surface area contributed by atoms with Gasteiger partial charge in [-0.25, -0.2) is 0 Å².